The second kappa shape index (κ2) is 8.21. The highest BCUT2D eigenvalue weighted by atomic mass is 19.3. The number of carbonyl (C=O) groups is 1. The Morgan fingerprint density at radius 1 is 1.17 bits per heavy atom. The predicted octanol–water partition coefficient (Wildman–Crippen LogP) is 3.28. The first-order valence-corrected chi connectivity index (χ1v) is 6.97. The number of anilines is 1. The monoisotopic (exact) mass is 340 g/mol. The summed E-state index contributed by atoms with van der Waals surface area (Å²) in [6.07, 6.45) is 0. The molecule has 8 heteroatoms. The van der Waals surface area contributed by atoms with Crippen molar-refractivity contribution in [1.29, 1.82) is 0 Å². The van der Waals surface area contributed by atoms with Crippen LogP contribution in [0.3, 0.4) is 0 Å². The van der Waals surface area contributed by atoms with Crippen LogP contribution in [-0.2, 0) is 0 Å². The third-order valence-corrected chi connectivity index (χ3v) is 3.10. The molecule has 0 fully saturated rings. The Kier molecular flexibility index (Phi) is 6.02. The Morgan fingerprint density at radius 2 is 1.88 bits per heavy atom. The summed E-state index contributed by atoms with van der Waals surface area (Å²) in [5, 5.41) is 14.2. The van der Waals surface area contributed by atoms with Crippen LogP contribution in [0, 0.1) is 5.82 Å². The Morgan fingerprint density at radius 3 is 2.46 bits per heavy atom. The minimum atomic E-state index is -3.14. The van der Waals surface area contributed by atoms with Crippen LogP contribution in [0.4, 0.5) is 23.7 Å². The third kappa shape index (κ3) is 4.88. The molecular formula is C16H15F3N2O3. The van der Waals surface area contributed by atoms with Gasteiger partial charge in [0.05, 0.1) is 12.6 Å². The molecule has 0 radical (unpaired) electrons. The van der Waals surface area contributed by atoms with Crippen molar-refractivity contribution in [2.24, 2.45) is 0 Å². The number of amides is 2. The first-order chi connectivity index (χ1) is 11.5. The molecule has 0 aliphatic rings. The first kappa shape index (κ1) is 17.6. The summed E-state index contributed by atoms with van der Waals surface area (Å²) in [5.41, 5.74) is 0.748. The number of benzene rings is 2. The van der Waals surface area contributed by atoms with E-state index in [1.807, 2.05) is 0 Å². The first-order valence-electron chi connectivity index (χ1n) is 6.97. The number of aliphatic hydroxyl groups is 1. The summed E-state index contributed by atoms with van der Waals surface area (Å²) >= 11 is 0. The van der Waals surface area contributed by atoms with E-state index in [1.165, 1.54) is 6.07 Å². The van der Waals surface area contributed by atoms with Crippen molar-refractivity contribution in [2.75, 3.05) is 11.9 Å². The highest BCUT2D eigenvalue weighted by Crippen LogP contribution is 2.23. The molecule has 2 rings (SSSR count). The molecule has 0 aliphatic heterocycles. The van der Waals surface area contributed by atoms with E-state index in [9.17, 15) is 23.1 Å². The smallest absolute Gasteiger partial charge is 0.387 e. The van der Waals surface area contributed by atoms with Gasteiger partial charge in [0, 0.05) is 11.8 Å². The molecule has 0 bridgehead atoms. The minimum Gasteiger partial charge on any atom is -0.432 e. The van der Waals surface area contributed by atoms with Crippen molar-refractivity contribution in [3.05, 3.63) is 59.9 Å². The molecule has 0 aromatic heterocycles. The van der Waals surface area contributed by atoms with E-state index < -0.39 is 30.3 Å². The normalized spacial score (nSPS) is 11.9. The highest BCUT2D eigenvalue weighted by Gasteiger charge is 2.15. The zero-order valence-corrected chi connectivity index (χ0v) is 12.4. The van der Waals surface area contributed by atoms with Crippen LogP contribution in [0.1, 0.15) is 11.6 Å². The summed E-state index contributed by atoms with van der Waals surface area (Å²) < 4.78 is 41.7. The van der Waals surface area contributed by atoms with E-state index in [0.717, 1.165) is 12.1 Å². The molecule has 0 saturated carbocycles. The second-order valence-electron chi connectivity index (χ2n) is 4.77. The Labute approximate surface area is 136 Å². The maximum Gasteiger partial charge on any atom is 0.387 e. The molecule has 5 nitrogen and oxygen atoms in total. The molecule has 0 aliphatic carbocycles. The lowest BCUT2D eigenvalue weighted by atomic mass is 10.1. The average Bonchev–Trinajstić information content (AvgIpc) is 2.55. The Bertz CT molecular complexity index is 684. The summed E-state index contributed by atoms with van der Waals surface area (Å²) in [6, 6.07) is 10.5. The van der Waals surface area contributed by atoms with Crippen LogP contribution in [0.25, 0.3) is 0 Å². The fraction of sp³-hybridized carbons (Fsp3) is 0.188. The van der Waals surface area contributed by atoms with Crippen LogP contribution in [0.15, 0.2) is 48.5 Å². The van der Waals surface area contributed by atoms with Gasteiger partial charge >= 0.3 is 12.6 Å². The standard InChI is InChI=1S/C16H15F3N2O3/c17-12-8-11(6-7-14(12)24-15(18)19)20-16(23)21-13(9-22)10-4-2-1-3-5-10/h1-8,13,15,22H,9H2,(H2,20,21,23)/t13-/m0/s1. The van der Waals surface area contributed by atoms with Gasteiger partial charge in [0.25, 0.3) is 0 Å². The average molecular weight is 340 g/mol. The highest BCUT2D eigenvalue weighted by molar-refractivity contribution is 5.89. The molecule has 128 valence electrons. The van der Waals surface area contributed by atoms with Crippen molar-refractivity contribution >= 4 is 11.7 Å². The van der Waals surface area contributed by atoms with Gasteiger partial charge in [-0.1, -0.05) is 30.3 Å². The molecule has 24 heavy (non-hydrogen) atoms. The van der Waals surface area contributed by atoms with Crippen molar-refractivity contribution < 1.29 is 27.8 Å². The van der Waals surface area contributed by atoms with Gasteiger partial charge in [-0.3, -0.25) is 0 Å². The molecule has 0 unspecified atom stereocenters. The predicted molar refractivity (Wildman–Crippen MR) is 81.5 cm³/mol. The summed E-state index contributed by atoms with van der Waals surface area (Å²) in [4.78, 5) is 11.9. The van der Waals surface area contributed by atoms with E-state index in [-0.39, 0.29) is 12.3 Å². The summed E-state index contributed by atoms with van der Waals surface area (Å²) in [7, 11) is 0. The number of urea groups is 1. The lowest BCUT2D eigenvalue weighted by Crippen LogP contribution is -2.34. The van der Waals surface area contributed by atoms with Crippen LogP contribution in [0.2, 0.25) is 0 Å². The van der Waals surface area contributed by atoms with Gasteiger partial charge in [0.1, 0.15) is 0 Å². The van der Waals surface area contributed by atoms with Gasteiger partial charge in [0.2, 0.25) is 0 Å². The van der Waals surface area contributed by atoms with Crippen LogP contribution in [-0.4, -0.2) is 24.4 Å². The fourth-order valence-electron chi connectivity index (χ4n) is 2.02. The van der Waals surface area contributed by atoms with Crippen LogP contribution >= 0.6 is 0 Å². The molecule has 1 atom stereocenters. The molecule has 0 saturated heterocycles. The topological polar surface area (TPSA) is 70.6 Å². The maximum atomic E-state index is 13.6. The lowest BCUT2D eigenvalue weighted by Gasteiger charge is -2.17. The number of ether oxygens (including phenoxy) is 1. The van der Waals surface area contributed by atoms with Gasteiger partial charge < -0.3 is 20.5 Å². The molecule has 3 N–H and O–H groups in total. The molecule has 2 aromatic carbocycles. The quantitative estimate of drug-likeness (QED) is 0.756. The van der Waals surface area contributed by atoms with E-state index >= 15 is 0 Å². The Balaban J connectivity index is 2.00. The molecule has 0 spiro atoms. The van der Waals surface area contributed by atoms with E-state index in [0.29, 0.717) is 5.56 Å². The number of nitrogens with one attached hydrogen (secondary N) is 2. The largest absolute Gasteiger partial charge is 0.432 e. The fourth-order valence-corrected chi connectivity index (χ4v) is 2.02. The van der Waals surface area contributed by atoms with Crippen molar-refractivity contribution in [1.82, 2.24) is 5.32 Å². The SMILES string of the molecule is O=C(Nc1ccc(OC(F)F)c(F)c1)N[C@@H](CO)c1ccccc1. The van der Waals surface area contributed by atoms with E-state index in [4.69, 9.17) is 0 Å². The van der Waals surface area contributed by atoms with Gasteiger partial charge in [-0.2, -0.15) is 8.78 Å². The Hall–Kier alpha value is -2.74. The van der Waals surface area contributed by atoms with Gasteiger partial charge in [-0.05, 0) is 17.7 Å². The number of hydrogen-bond acceptors (Lipinski definition) is 3. The molecule has 0 heterocycles. The summed E-state index contributed by atoms with van der Waals surface area (Å²) in [6.45, 7) is -3.47. The summed E-state index contributed by atoms with van der Waals surface area (Å²) in [5.74, 6) is -1.65. The molecule has 2 aromatic rings. The van der Waals surface area contributed by atoms with E-state index in [2.05, 4.69) is 15.4 Å². The van der Waals surface area contributed by atoms with Crippen LogP contribution in [0.5, 0.6) is 5.75 Å². The third-order valence-electron chi connectivity index (χ3n) is 3.10. The minimum absolute atomic E-state index is 0.0522. The number of hydrogen-bond donors (Lipinski definition) is 3. The zero-order valence-electron chi connectivity index (χ0n) is 12.4. The number of alkyl halides is 2. The van der Waals surface area contributed by atoms with Crippen molar-refractivity contribution in [3.63, 3.8) is 0 Å². The zero-order chi connectivity index (χ0) is 17.5. The molecule has 2 amide bonds. The van der Waals surface area contributed by atoms with Crippen molar-refractivity contribution in [3.8, 4) is 5.75 Å². The maximum absolute atomic E-state index is 13.6. The lowest BCUT2D eigenvalue weighted by molar-refractivity contribution is -0.0521. The number of carbonyl (C=O) groups excluding carboxylic acids is 1. The van der Waals surface area contributed by atoms with Crippen molar-refractivity contribution in [2.45, 2.75) is 12.7 Å². The van der Waals surface area contributed by atoms with Crippen LogP contribution < -0.4 is 15.4 Å². The number of rotatable bonds is 6. The number of aliphatic hydroxyl groups excluding tert-OH is 1. The second-order valence-corrected chi connectivity index (χ2v) is 4.77. The molecular weight excluding hydrogens is 325 g/mol. The van der Waals surface area contributed by atoms with Gasteiger partial charge in [-0.15, -0.1) is 0 Å². The van der Waals surface area contributed by atoms with E-state index in [1.54, 1.807) is 30.3 Å². The van der Waals surface area contributed by atoms with Gasteiger partial charge in [-0.25, -0.2) is 9.18 Å². The number of halogens is 3. The van der Waals surface area contributed by atoms with Gasteiger partial charge in [0.15, 0.2) is 11.6 Å².